The van der Waals surface area contributed by atoms with E-state index in [1.807, 2.05) is 49.4 Å². The van der Waals surface area contributed by atoms with Gasteiger partial charge in [-0.15, -0.1) is 0 Å². The van der Waals surface area contributed by atoms with E-state index in [2.05, 4.69) is 10.5 Å². The van der Waals surface area contributed by atoms with Crippen molar-refractivity contribution < 1.29 is 13.7 Å². The molecule has 112 valence electrons. The van der Waals surface area contributed by atoms with Gasteiger partial charge in [-0.1, -0.05) is 35.5 Å². The smallest absolute Gasteiger partial charge is 0.273 e. The summed E-state index contributed by atoms with van der Waals surface area (Å²) in [6, 6.07) is 15.0. The lowest BCUT2D eigenvalue weighted by Crippen LogP contribution is -2.25. The van der Waals surface area contributed by atoms with Gasteiger partial charge in [-0.05, 0) is 19.1 Å². The van der Waals surface area contributed by atoms with Gasteiger partial charge in [-0.25, -0.2) is 0 Å². The zero-order chi connectivity index (χ0) is 15.4. The van der Waals surface area contributed by atoms with Crippen LogP contribution in [0, 0.1) is 6.92 Å². The number of hydrogen-bond acceptors (Lipinski definition) is 4. The van der Waals surface area contributed by atoms with Crippen molar-refractivity contribution in [1.29, 1.82) is 0 Å². The number of nitrogens with zero attached hydrogens (tertiary/aromatic N) is 1. The summed E-state index contributed by atoms with van der Waals surface area (Å²) in [5, 5.41) is 6.61. The molecule has 0 aliphatic carbocycles. The Kier molecular flexibility index (Phi) is 4.05. The van der Waals surface area contributed by atoms with Crippen LogP contribution in [0.5, 0.6) is 0 Å². The largest absolute Gasteiger partial charge is 0.466 e. The second kappa shape index (κ2) is 6.30. The fourth-order valence-corrected chi connectivity index (χ4v) is 2.13. The lowest BCUT2D eigenvalue weighted by molar-refractivity contribution is 0.0945. The highest BCUT2D eigenvalue weighted by Crippen LogP contribution is 2.19. The number of aromatic nitrogens is 1. The average Bonchev–Trinajstić information content (AvgIpc) is 3.17. The molecule has 1 amide bonds. The van der Waals surface area contributed by atoms with Gasteiger partial charge < -0.3 is 14.3 Å². The Hall–Kier alpha value is -2.82. The molecule has 0 fully saturated rings. The summed E-state index contributed by atoms with van der Waals surface area (Å²) in [7, 11) is 0. The number of hydrogen-bond donors (Lipinski definition) is 1. The molecule has 0 aliphatic rings. The summed E-state index contributed by atoms with van der Waals surface area (Å²) >= 11 is 0. The van der Waals surface area contributed by atoms with E-state index >= 15 is 0 Å². The number of amides is 1. The van der Waals surface area contributed by atoms with Crippen LogP contribution in [0.15, 0.2) is 57.5 Å². The lowest BCUT2D eigenvalue weighted by atomic mass is 10.1. The van der Waals surface area contributed by atoms with Gasteiger partial charge in [0.15, 0.2) is 11.5 Å². The summed E-state index contributed by atoms with van der Waals surface area (Å²) in [6.07, 6.45) is 0.642. The van der Waals surface area contributed by atoms with Crippen LogP contribution in [0.1, 0.15) is 22.0 Å². The van der Waals surface area contributed by atoms with E-state index in [1.54, 1.807) is 6.07 Å². The average molecular weight is 296 g/mol. The topological polar surface area (TPSA) is 68.3 Å². The van der Waals surface area contributed by atoms with E-state index in [-0.39, 0.29) is 11.6 Å². The second-order valence-electron chi connectivity index (χ2n) is 4.96. The minimum Gasteiger partial charge on any atom is -0.466 e. The second-order valence-corrected chi connectivity index (χ2v) is 4.96. The van der Waals surface area contributed by atoms with Gasteiger partial charge in [0.05, 0.1) is 0 Å². The fourth-order valence-electron chi connectivity index (χ4n) is 2.13. The minimum absolute atomic E-state index is 0.255. The van der Waals surface area contributed by atoms with Crippen molar-refractivity contribution in [3.05, 3.63) is 65.7 Å². The molecule has 0 saturated heterocycles. The molecule has 0 atom stereocenters. The van der Waals surface area contributed by atoms with Crippen LogP contribution >= 0.6 is 0 Å². The SMILES string of the molecule is Cc1ccc(CCNC(=O)c2cc(-c3ccccc3)on2)o1. The number of carbonyl (C=O) groups is 1. The molecule has 22 heavy (non-hydrogen) atoms. The molecule has 3 rings (SSSR count). The molecule has 3 aromatic rings. The maximum atomic E-state index is 12.0. The van der Waals surface area contributed by atoms with E-state index in [1.165, 1.54) is 0 Å². The third kappa shape index (κ3) is 3.25. The molecule has 1 aromatic carbocycles. The standard InChI is InChI=1S/C17H16N2O3/c1-12-7-8-14(21-12)9-10-18-17(20)15-11-16(22-19-15)13-5-3-2-4-6-13/h2-8,11H,9-10H2,1H3,(H,18,20). The maximum Gasteiger partial charge on any atom is 0.273 e. The van der Waals surface area contributed by atoms with Crippen LogP contribution < -0.4 is 5.32 Å². The van der Waals surface area contributed by atoms with Crippen LogP contribution in [-0.4, -0.2) is 17.6 Å². The summed E-state index contributed by atoms with van der Waals surface area (Å²) in [6.45, 7) is 2.38. The van der Waals surface area contributed by atoms with Gasteiger partial charge in [0.1, 0.15) is 11.5 Å². The molecular formula is C17H16N2O3. The van der Waals surface area contributed by atoms with Crippen molar-refractivity contribution in [1.82, 2.24) is 10.5 Å². The van der Waals surface area contributed by atoms with Crippen molar-refractivity contribution in [2.45, 2.75) is 13.3 Å². The number of furan rings is 1. The fraction of sp³-hybridized carbons (Fsp3) is 0.176. The molecule has 0 bridgehead atoms. The number of nitrogens with one attached hydrogen (secondary N) is 1. The van der Waals surface area contributed by atoms with Gasteiger partial charge >= 0.3 is 0 Å². The van der Waals surface area contributed by atoms with Crippen LogP contribution in [0.2, 0.25) is 0 Å². The van der Waals surface area contributed by atoms with E-state index < -0.39 is 0 Å². The molecule has 0 radical (unpaired) electrons. The van der Waals surface area contributed by atoms with Crippen LogP contribution in [-0.2, 0) is 6.42 Å². The monoisotopic (exact) mass is 296 g/mol. The zero-order valence-electron chi connectivity index (χ0n) is 12.2. The zero-order valence-corrected chi connectivity index (χ0v) is 12.2. The van der Waals surface area contributed by atoms with Gasteiger partial charge in [0.25, 0.3) is 5.91 Å². The normalized spacial score (nSPS) is 10.6. The Labute approximate surface area is 127 Å². The highest BCUT2D eigenvalue weighted by Gasteiger charge is 2.13. The van der Waals surface area contributed by atoms with E-state index in [4.69, 9.17) is 8.94 Å². The molecule has 2 heterocycles. The Bertz CT molecular complexity index is 759. The number of rotatable bonds is 5. The van der Waals surface area contributed by atoms with E-state index in [9.17, 15) is 4.79 Å². The number of benzene rings is 1. The first kappa shape index (κ1) is 14.1. The Morgan fingerprint density at radius 2 is 2.00 bits per heavy atom. The number of carbonyl (C=O) groups excluding carboxylic acids is 1. The maximum absolute atomic E-state index is 12.0. The summed E-state index contributed by atoms with van der Waals surface area (Å²) < 4.78 is 10.7. The molecule has 0 aliphatic heterocycles. The highest BCUT2D eigenvalue weighted by atomic mass is 16.5. The quantitative estimate of drug-likeness (QED) is 0.785. The lowest BCUT2D eigenvalue weighted by Gasteiger charge is -2.00. The summed E-state index contributed by atoms with van der Waals surface area (Å²) in [5.41, 5.74) is 1.16. The Morgan fingerprint density at radius 1 is 1.18 bits per heavy atom. The van der Waals surface area contributed by atoms with Gasteiger partial charge in [-0.2, -0.15) is 0 Å². The first-order chi connectivity index (χ1) is 10.7. The van der Waals surface area contributed by atoms with Crippen molar-refractivity contribution in [2.75, 3.05) is 6.54 Å². The Balaban J connectivity index is 1.58. The van der Waals surface area contributed by atoms with Crippen molar-refractivity contribution in [3.63, 3.8) is 0 Å². The first-order valence-electron chi connectivity index (χ1n) is 7.08. The first-order valence-corrected chi connectivity index (χ1v) is 7.08. The predicted octanol–water partition coefficient (Wildman–Crippen LogP) is 3.22. The van der Waals surface area contributed by atoms with Crippen molar-refractivity contribution in [3.8, 4) is 11.3 Å². The Morgan fingerprint density at radius 3 is 2.73 bits per heavy atom. The molecule has 0 unspecified atom stereocenters. The molecule has 5 heteroatoms. The van der Waals surface area contributed by atoms with Crippen LogP contribution in [0.3, 0.4) is 0 Å². The van der Waals surface area contributed by atoms with Crippen molar-refractivity contribution in [2.24, 2.45) is 0 Å². The number of aryl methyl sites for hydroxylation is 1. The van der Waals surface area contributed by atoms with E-state index in [0.717, 1.165) is 17.1 Å². The predicted molar refractivity (Wildman–Crippen MR) is 81.4 cm³/mol. The van der Waals surface area contributed by atoms with Crippen molar-refractivity contribution >= 4 is 5.91 Å². The van der Waals surface area contributed by atoms with Gasteiger partial charge in [0, 0.05) is 24.6 Å². The summed E-state index contributed by atoms with van der Waals surface area (Å²) in [4.78, 5) is 12.0. The van der Waals surface area contributed by atoms with E-state index in [0.29, 0.717) is 18.7 Å². The molecule has 0 spiro atoms. The molecule has 0 saturated carbocycles. The minimum atomic E-state index is -0.255. The van der Waals surface area contributed by atoms with Crippen LogP contribution in [0.25, 0.3) is 11.3 Å². The molecule has 1 N–H and O–H groups in total. The van der Waals surface area contributed by atoms with Gasteiger partial charge in [-0.3, -0.25) is 4.79 Å². The molecule has 5 nitrogen and oxygen atoms in total. The highest BCUT2D eigenvalue weighted by molar-refractivity contribution is 5.93. The molecule has 2 aromatic heterocycles. The van der Waals surface area contributed by atoms with Gasteiger partial charge in [0.2, 0.25) is 0 Å². The van der Waals surface area contributed by atoms with Crippen LogP contribution in [0.4, 0.5) is 0 Å². The third-order valence-electron chi connectivity index (χ3n) is 3.25. The molecular weight excluding hydrogens is 280 g/mol. The third-order valence-corrected chi connectivity index (χ3v) is 3.25. The summed E-state index contributed by atoms with van der Waals surface area (Å²) in [5.74, 6) is 2.04.